The number of carbonyl (C=O) groups excluding carboxylic acids is 2. The van der Waals surface area contributed by atoms with Crippen LogP contribution in [-0.2, 0) is 32.4 Å². The van der Waals surface area contributed by atoms with Gasteiger partial charge < -0.3 is 14.4 Å². The van der Waals surface area contributed by atoms with E-state index in [9.17, 15) is 18.0 Å². The molecule has 7 nitrogen and oxygen atoms in total. The van der Waals surface area contributed by atoms with E-state index in [2.05, 4.69) is 0 Å². The maximum Gasteiger partial charge on any atom is 0.242 e. The molecular weight excluding hydrogens is 450 g/mol. The summed E-state index contributed by atoms with van der Waals surface area (Å²) in [5.41, 5.74) is 2.54. The standard InChI is InChI=1S/C26H29N3O4S/c30-25(27-14-6-1-7-15-27)18-28-17-24(21-11-3-5-13-23(21)28)34(32,33)19-26(31)29-16-8-10-20-9-2-4-12-22(20)29/h2-5,9,11-13,17H,1,6-8,10,14-16,18-19H2. The van der Waals surface area contributed by atoms with Crippen molar-refractivity contribution in [3.05, 3.63) is 60.3 Å². The molecule has 2 amide bonds. The first-order chi connectivity index (χ1) is 16.4. The van der Waals surface area contributed by atoms with Crippen LogP contribution in [0.4, 0.5) is 5.69 Å². The summed E-state index contributed by atoms with van der Waals surface area (Å²) in [4.78, 5) is 29.6. The van der Waals surface area contributed by atoms with E-state index in [4.69, 9.17) is 0 Å². The van der Waals surface area contributed by atoms with E-state index in [0.717, 1.165) is 56.4 Å². The van der Waals surface area contributed by atoms with E-state index in [-0.39, 0.29) is 17.3 Å². The van der Waals surface area contributed by atoms with Crippen LogP contribution in [0.3, 0.4) is 0 Å². The highest BCUT2D eigenvalue weighted by atomic mass is 32.2. The fraction of sp³-hybridized carbons (Fsp3) is 0.385. The summed E-state index contributed by atoms with van der Waals surface area (Å²) in [5, 5.41) is 0.542. The molecule has 0 spiro atoms. The van der Waals surface area contributed by atoms with Gasteiger partial charge in [0.25, 0.3) is 0 Å². The molecule has 0 aliphatic carbocycles. The Morgan fingerprint density at radius 1 is 0.824 bits per heavy atom. The van der Waals surface area contributed by atoms with Gasteiger partial charge in [-0.15, -0.1) is 0 Å². The predicted octanol–water partition coefficient (Wildman–Crippen LogP) is 3.41. The van der Waals surface area contributed by atoms with Crippen molar-refractivity contribution in [2.75, 3.05) is 30.3 Å². The number of hydrogen-bond donors (Lipinski definition) is 0. The normalized spacial score (nSPS) is 16.5. The fourth-order valence-corrected chi connectivity index (χ4v) is 6.52. The molecule has 0 radical (unpaired) electrons. The second kappa shape index (κ2) is 9.25. The van der Waals surface area contributed by atoms with Gasteiger partial charge in [-0.05, 0) is 49.8 Å². The minimum Gasteiger partial charge on any atom is -0.341 e. The first kappa shape index (κ1) is 22.7. The van der Waals surface area contributed by atoms with Crippen LogP contribution in [0.2, 0.25) is 0 Å². The molecular formula is C26H29N3O4S. The highest BCUT2D eigenvalue weighted by Crippen LogP contribution is 2.30. The molecule has 0 bridgehead atoms. The molecule has 1 fully saturated rings. The van der Waals surface area contributed by atoms with Crippen molar-refractivity contribution >= 4 is 38.2 Å². The van der Waals surface area contributed by atoms with Crippen molar-refractivity contribution in [2.24, 2.45) is 0 Å². The van der Waals surface area contributed by atoms with Crippen LogP contribution in [0.1, 0.15) is 31.2 Å². The Bertz CT molecular complexity index is 1340. The number of amides is 2. The van der Waals surface area contributed by atoms with E-state index in [0.29, 0.717) is 17.4 Å². The fourth-order valence-electron chi connectivity index (χ4n) is 5.09. The van der Waals surface area contributed by atoms with Crippen LogP contribution in [-0.4, -0.2) is 55.1 Å². The van der Waals surface area contributed by atoms with E-state index < -0.39 is 21.5 Å². The number of hydrogen-bond acceptors (Lipinski definition) is 4. The topological polar surface area (TPSA) is 79.7 Å². The third kappa shape index (κ3) is 4.34. The van der Waals surface area contributed by atoms with Crippen LogP contribution < -0.4 is 4.90 Å². The number of piperidine rings is 1. The van der Waals surface area contributed by atoms with Crippen molar-refractivity contribution in [1.82, 2.24) is 9.47 Å². The lowest BCUT2D eigenvalue weighted by Gasteiger charge is -2.29. The largest absolute Gasteiger partial charge is 0.341 e. The summed E-state index contributed by atoms with van der Waals surface area (Å²) < 4.78 is 28.6. The summed E-state index contributed by atoms with van der Waals surface area (Å²) in [6, 6.07) is 14.8. The van der Waals surface area contributed by atoms with Gasteiger partial charge >= 0.3 is 0 Å². The zero-order chi connectivity index (χ0) is 23.7. The Balaban J connectivity index is 1.42. The second-order valence-corrected chi connectivity index (χ2v) is 11.1. The summed E-state index contributed by atoms with van der Waals surface area (Å²) >= 11 is 0. The SMILES string of the molecule is O=C(Cn1cc(S(=O)(=O)CC(=O)N2CCCc3ccccc32)c2ccccc21)N1CCCCC1. The number of fused-ring (bicyclic) bond motifs is 2. The van der Waals surface area contributed by atoms with Crippen molar-refractivity contribution in [2.45, 2.75) is 43.5 Å². The third-order valence-corrected chi connectivity index (χ3v) is 8.45. The van der Waals surface area contributed by atoms with E-state index in [1.54, 1.807) is 21.6 Å². The van der Waals surface area contributed by atoms with E-state index >= 15 is 0 Å². The van der Waals surface area contributed by atoms with Gasteiger partial charge in [0.05, 0.1) is 4.90 Å². The van der Waals surface area contributed by atoms with Gasteiger partial charge in [0, 0.05) is 42.4 Å². The minimum atomic E-state index is -3.91. The average Bonchev–Trinajstić information content (AvgIpc) is 3.23. The second-order valence-electron chi connectivity index (χ2n) is 9.12. The molecule has 0 unspecified atom stereocenters. The number of aromatic nitrogens is 1. The Morgan fingerprint density at radius 3 is 2.38 bits per heavy atom. The Morgan fingerprint density at radius 2 is 1.56 bits per heavy atom. The average molecular weight is 480 g/mol. The molecule has 1 saturated heterocycles. The molecule has 2 aliphatic heterocycles. The maximum atomic E-state index is 13.5. The van der Waals surface area contributed by atoms with Crippen molar-refractivity contribution in [3.63, 3.8) is 0 Å². The zero-order valence-corrected chi connectivity index (χ0v) is 20.0. The molecule has 2 aromatic carbocycles. The van der Waals surface area contributed by atoms with Gasteiger partial charge in [0.1, 0.15) is 12.3 Å². The number of nitrogens with zero attached hydrogens (tertiary/aromatic N) is 3. The number of sulfone groups is 1. The Kier molecular flexibility index (Phi) is 6.16. The number of anilines is 1. The van der Waals surface area contributed by atoms with Crippen LogP contribution >= 0.6 is 0 Å². The van der Waals surface area contributed by atoms with Gasteiger partial charge in [0.2, 0.25) is 11.8 Å². The smallest absolute Gasteiger partial charge is 0.242 e. The molecule has 8 heteroatoms. The number of aryl methyl sites for hydroxylation is 1. The molecule has 0 N–H and O–H groups in total. The van der Waals surface area contributed by atoms with E-state index in [1.165, 1.54) is 6.20 Å². The van der Waals surface area contributed by atoms with Crippen molar-refractivity contribution in [1.29, 1.82) is 0 Å². The monoisotopic (exact) mass is 479 g/mol. The molecule has 34 heavy (non-hydrogen) atoms. The van der Waals surface area contributed by atoms with Crippen molar-refractivity contribution < 1.29 is 18.0 Å². The summed E-state index contributed by atoms with van der Waals surface area (Å²) in [6.07, 6.45) is 6.35. The maximum absolute atomic E-state index is 13.5. The van der Waals surface area contributed by atoms with Gasteiger partial charge in [-0.3, -0.25) is 9.59 Å². The van der Waals surface area contributed by atoms with Gasteiger partial charge in [-0.1, -0.05) is 36.4 Å². The van der Waals surface area contributed by atoms with Crippen LogP contribution in [0.5, 0.6) is 0 Å². The molecule has 0 atom stereocenters. The number of likely N-dealkylation sites (tertiary alicyclic amines) is 1. The van der Waals surface area contributed by atoms with Crippen LogP contribution in [0.15, 0.2) is 59.6 Å². The van der Waals surface area contributed by atoms with Gasteiger partial charge in [-0.25, -0.2) is 8.42 Å². The molecule has 178 valence electrons. The summed E-state index contributed by atoms with van der Waals surface area (Å²) in [7, 11) is -3.91. The lowest BCUT2D eigenvalue weighted by atomic mass is 10.0. The number of rotatable bonds is 5. The highest BCUT2D eigenvalue weighted by molar-refractivity contribution is 7.92. The van der Waals surface area contributed by atoms with Crippen LogP contribution in [0.25, 0.3) is 10.9 Å². The third-order valence-electron chi connectivity index (χ3n) is 6.83. The van der Waals surface area contributed by atoms with Crippen LogP contribution in [0, 0.1) is 0 Å². The number of carbonyl (C=O) groups is 2. The molecule has 3 heterocycles. The van der Waals surface area contributed by atoms with Crippen molar-refractivity contribution in [3.8, 4) is 0 Å². The lowest BCUT2D eigenvalue weighted by molar-refractivity contribution is -0.132. The Hall–Kier alpha value is -3.13. The van der Waals surface area contributed by atoms with E-state index in [1.807, 2.05) is 41.3 Å². The minimum absolute atomic E-state index is 0.00889. The molecule has 3 aromatic rings. The van der Waals surface area contributed by atoms with Gasteiger partial charge in [0.15, 0.2) is 9.84 Å². The first-order valence-electron chi connectivity index (χ1n) is 11.9. The zero-order valence-electron chi connectivity index (χ0n) is 19.2. The predicted molar refractivity (Wildman–Crippen MR) is 132 cm³/mol. The lowest BCUT2D eigenvalue weighted by Crippen LogP contribution is -2.39. The summed E-state index contributed by atoms with van der Waals surface area (Å²) in [6.45, 7) is 2.09. The quantitative estimate of drug-likeness (QED) is 0.562. The number of para-hydroxylation sites is 2. The molecule has 0 saturated carbocycles. The highest BCUT2D eigenvalue weighted by Gasteiger charge is 2.30. The first-order valence-corrected chi connectivity index (χ1v) is 13.6. The summed E-state index contributed by atoms with van der Waals surface area (Å²) in [5.74, 6) is -1.03. The van der Waals surface area contributed by atoms with Gasteiger partial charge in [-0.2, -0.15) is 0 Å². The molecule has 5 rings (SSSR count). The Labute approximate surface area is 199 Å². The number of benzene rings is 2. The molecule has 1 aromatic heterocycles. The molecule has 2 aliphatic rings.